The van der Waals surface area contributed by atoms with Crippen LogP contribution in [-0.4, -0.2) is 28.4 Å². The first-order valence-electron chi connectivity index (χ1n) is 11.3. The number of nitrogens with zero attached hydrogens (tertiary/aromatic N) is 3. The highest BCUT2D eigenvalue weighted by atomic mass is 79.9. The van der Waals surface area contributed by atoms with Crippen LogP contribution in [0.2, 0.25) is 0 Å². The summed E-state index contributed by atoms with van der Waals surface area (Å²) >= 11 is 3.42. The molecular weight excluding hydrogens is 508 g/mol. The summed E-state index contributed by atoms with van der Waals surface area (Å²) in [4.78, 5) is 30.3. The SMILES string of the molecule is CC[C@@H](C)c1nc2ccc(Br)cc2c(=O)n1N=Cc1ccccc1OCC(=O)Nc1ccccc1. The summed E-state index contributed by atoms with van der Waals surface area (Å²) in [6, 6.07) is 21.8. The molecule has 7 nitrogen and oxygen atoms in total. The van der Waals surface area contributed by atoms with Crippen molar-refractivity contribution in [2.24, 2.45) is 5.10 Å². The van der Waals surface area contributed by atoms with Crippen LogP contribution in [-0.2, 0) is 4.79 Å². The molecule has 1 aromatic heterocycles. The van der Waals surface area contributed by atoms with Crippen LogP contribution in [0, 0.1) is 0 Å². The Morgan fingerprint density at radius 3 is 2.66 bits per heavy atom. The van der Waals surface area contributed by atoms with Crippen molar-refractivity contribution < 1.29 is 9.53 Å². The predicted octanol–water partition coefficient (Wildman–Crippen LogP) is 5.57. The lowest BCUT2D eigenvalue weighted by molar-refractivity contribution is -0.118. The second-order valence-corrected chi connectivity index (χ2v) is 8.96. The number of hydrogen-bond acceptors (Lipinski definition) is 5. The molecule has 0 bridgehead atoms. The monoisotopic (exact) mass is 532 g/mol. The number of fused-ring (bicyclic) bond motifs is 1. The van der Waals surface area contributed by atoms with E-state index in [0.717, 1.165) is 10.9 Å². The Labute approximate surface area is 211 Å². The van der Waals surface area contributed by atoms with E-state index in [1.807, 2.05) is 62.4 Å². The number of carbonyl (C=O) groups excluding carboxylic acids is 1. The van der Waals surface area contributed by atoms with E-state index in [1.54, 1.807) is 30.5 Å². The third-order valence-electron chi connectivity index (χ3n) is 5.53. The van der Waals surface area contributed by atoms with Gasteiger partial charge in [0.05, 0.1) is 17.1 Å². The number of ether oxygens (including phenoxy) is 1. The lowest BCUT2D eigenvalue weighted by Crippen LogP contribution is -2.24. The molecule has 3 aromatic carbocycles. The second-order valence-electron chi connectivity index (χ2n) is 8.04. The minimum atomic E-state index is -0.275. The first-order chi connectivity index (χ1) is 17.0. The first kappa shape index (κ1) is 24.3. The zero-order valence-electron chi connectivity index (χ0n) is 19.4. The number of benzene rings is 3. The van der Waals surface area contributed by atoms with Gasteiger partial charge in [-0.15, -0.1) is 0 Å². The molecule has 1 heterocycles. The zero-order chi connectivity index (χ0) is 24.8. The predicted molar refractivity (Wildman–Crippen MR) is 142 cm³/mol. The number of nitrogens with one attached hydrogen (secondary N) is 1. The van der Waals surface area contributed by atoms with Crippen molar-refractivity contribution in [3.8, 4) is 5.75 Å². The summed E-state index contributed by atoms with van der Waals surface area (Å²) in [7, 11) is 0. The summed E-state index contributed by atoms with van der Waals surface area (Å²) in [5.41, 5.74) is 1.72. The summed E-state index contributed by atoms with van der Waals surface area (Å²) in [5.74, 6) is 0.821. The fourth-order valence-electron chi connectivity index (χ4n) is 3.48. The molecule has 8 heteroatoms. The Morgan fingerprint density at radius 2 is 1.89 bits per heavy atom. The summed E-state index contributed by atoms with van der Waals surface area (Å²) in [6.45, 7) is 3.89. The van der Waals surface area contributed by atoms with Gasteiger partial charge in [0.25, 0.3) is 11.5 Å². The van der Waals surface area contributed by atoms with E-state index in [4.69, 9.17) is 9.72 Å². The molecule has 0 aliphatic carbocycles. The quantitative estimate of drug-likeness (QED) is 0.300. The van der Waals surface area contributed by atoms with Gasteiger partial charge in [0, 0.05) is 21.6 Å². The third kappa shape index (κ3) is 5.84. The van der Waals surface area contributed by atoms with Gasteiger partial charge in [-0.25, -0.2) is 4.98 Å². The maximum atomic E-state index is 13.3. The molecule has 0 saturated carbocycles. The van der Waals surface area contributed by atoms with Crippen LogP contribution in [0.15, 0.2) is 87.2 Å². The molecule has 35 heavy (non-hydrogen) atoms. The molecular formula is C27H25BrN4O3. The van der Waals surface area contributed by atoms with Gasteiger partial charge in [-0.2, -0.15) is 9.78 Å². The molecule has 4 aromatic rings. The molecule has 178 valence electrons. The highest BCUT2D eigenvalue weighted by Gasteiger charge is 2.16. The van der Waals surface area contributed by atoms with Crippen molar-refractivity contribution in [1.82, 2.24) is 9.66 Å². The smallest absolute Gasteiger partial charge is 0.282 e. The number of halogens is 1. The summed E-state index contributed by atoms with van der Waals surface area (Å²) in [6.07, 6.45) is 2.36. The first-order valence-corrected chi connectivity index (χ1v) is 12.1. The van der Waals surface area contributed by atoms with E-state index in [9.17, 15) is 9.59 Å². The van der Waals surface area contributed by atoms with Gasteiger partial charge in [0.1, 0.15) is 11.6 Å². The van der Waals surface area contributed by atoms with Gasteiger partial charge in [0.2, 0.25) is 0 Å². The Morgan fingerprint density at radius 1 is 1.14 bits per heavy atom. The van der Waals surface area contributed by atoms with Gasteiger partial charge < -0.3 is 10.1 Å². The molecule has 1 atom stereocenters. The number of rotatable bonds is 8. The lowest BCUT2D eigenvalue weighted by Gasteiger charge is -2.14. The fourth-order valence-corrected chi connectivity index (χ4v) is 3.84. The molecule has 0 unspecified atom stereocenters. The zero-order valence-corrected chi connectivity index (χ0v) is 21.0. The van der Waals surface area contributed by atoms with Crippen LogP contribution in [0.5, 0.6) is 5.75 Å². The van der Waals surface area contributed by atoms with E-state index >= 15 is 0 Å². The fraction of sp³-hybridized carbons (Fsp3) is 0.185. The molecule has 1 amide bonds. The molecule has 0 aliphatic rings. The Bertz CT molecular complexity index is 1430. The lowest BCUT2D eigenvalue weighted by atomic mass is 10.1. The van der Waals surface area contributed by atoms with E-state index in [1.165, 1.54) is 4.68 Å². The van der Waals surface area contributed by atoms with Crippen LogP contribution in [0.25, 0.3) is 10.9 Å². The summed E-state index contributed by atoms with van der Waals surface area (Å²) < 4.78 is 7.91. The largest absolute Gasteiger partial charge is 0.483 e. The third-order valence-corrected chi connectivity index (χ3v) is 6.03. The van der Waals surface area contributed by atoms with Crippen LogP contribution in [0.1, 0.15) is 37.6 Å². The maximum Gasteiger partial charge on any atom is 0.282 e. The Hall–Kier alpha value is -3.78. The number of anilines is 1. The van der Waals surface area contributed by atoms with Gasteiger partial charge in [0.15, 0.2) is 6.61 Å². The van der Waals surface area contributed by atoms with Crippen molar-refractivity contribution in [1.29, 1.82) is 0 Å². The van der Waals surface area contributed by atoms with E-state index in [2.05, 4.69) is 26.3 Å². The van der Waals surface area contributed by atoms with Gasteiger partial charge >= 0.3 is 0 Å². The topological polar surface area (TPSA) is 85.6 Å². The van der Waals surface area contributed by atoms with E-state index in [-0.39, 0.29) is 24.0 Å². The molecule has 0 aliphatic heterocycles. The van der Waals surface area contributed by atoms with Crippen LogP contribution in [0.4, 0.5) is 5.69 Å². The minimum Gasteiger partial charge on any atom is -0.483 e. The standard InChI is InChI=1S/C27H25BrN4O3/c1-3-18(2)26-31-23-14-13-20(28)15-22(23)27(34)32(26)29-16-19-9-7-8-12-24(19)35-17-25(33)30-21-10-5-4-6-11-21/h4-16,18H,3,17H2,1-2H3,(H,30,33)/t18-/m1/s1. The average molecular weight is 533 g/mol. The van der Waals surface area contributed by atoms with Gasteiger partial charge in [-0.3, -0.25) is 9.59 Å². The summed E-state index contributed by atoms with van der Waals surface area (Å²) in [5, 5.41) is 7.77. The van der Waals surface area contributed by atoms with E-state index < -0.39 is 0 Å². The maximum absolute atomic E-state index is 13.3. The molecule has 0 radical (unpaired) electrons. The number of carbonyl (C=O) groups is 1. The minimum absolute atomic E-state index is 0.0288. The van der Waals surface area contributed by atoms with Crippen LogP contribution >= 0.6 is 15.9 Å². The Balaban J connectivity index is 1.62. The molecule has 4 rings (SSSR count). The van der Waals surface area contributed by atoms with Crippen LogP contribution < -0.4 is 15.6 Å². The number of para-hydroxylation sites is 2. The van der Waals surface area contributed by atoms with Gasteiger partial charge in [-0.1, -0.05) is 60.1 Å². The van der Waals surface area contributed by atoms with Crippen molar-refractivity contribution in [3.05, 3.63) is 99.0 Å². The molecule has 1 N–H and O–H groups in total. The number of hydrogen-bond donors (Lipinski definition) is 1. The molecule has 0 saturated heterocycles. The molecule has 0 spiro atoms. The van der Waals surface area contributed by atoms with Crippen molar-refractivity contribution in [2.75, 3.05) is 11.9 Å². The number of aromatic nitrogens is 2. The second kappa shape index (κ2) is 11.1. The normalized spacial score (nSPS) is 12.1. The van der Waals surface area contributed by atoms with Gasteiger partial charge in [-0.05, 0) is 48.9 Å². The highest BCUT2D eigenvalue weighted by molar-refractivity contribution is 9.10. The molecule has 0 fully saturated rings. The van der Waals surface area contributed by atoms with Crippen molar-refractivity contribution in [3.63, 3.8) is 0 Å². The number of amides is 1. The highest BCUT2D eigenvalue weighted by Crippen LogP contribution is 2.21. The van der Waals surface area contributed by atoms with Crippen molar-refractivity contribution in [2.45, 2.75) is 26.2 Å². The van der Waals surface area contributed by atoms with Crippen molar-refractivity contribution >= 4 is 44.6 Å². The van der Waals surface area contributed by atoms with E-state index in [0.29, 0.717) is 33.7 Å². The van der Waals surface area contributed by atoms with Crippen LogP contribution in [0.3, 0.4) is 0 Å². The Kier molecular flexibility index (Phi) is 7.72. The average Bonchev–Trinajstić information content (AvgIpc) is 2.87.